The third-order valence-electron chi connectivity index (χ3n) is 6.73. The number of hydrogen-bond donors (Lipinski definition) is 3. The molecule has 8 nitrogen and oxygen atoms in total. The van der Waals surface area contributed by atoms with Crippen LogP contribution in [-0.2, 0) is 14.3 Å². The first kappa shape index (κ1) is 22.8. The first-order valence-electron chi connectivity index (χ1n) is 11.1. The van der Waals surface area contributed by atoms with Gasteiger partial charge in [0.25, 0.3) is 0 Å². The SMILES string of the molecule is CCC(C)(NC(=O)OCC1c2ccccc2-c2ccccc21)C(=O)N1C[C@@H](O)C[C@H]1C(=O)O. The Labute approximate surface area is 192 Å². The van der Waals surface area contributed by atoms with E-state index in [9.17, 15) is 24.6 Å². The van der Waals surface area contributed by atoms with Gasteiger partial charge in [-0.1, -0.05) is 55.5 Å². The van der Waals surface area contributed by atoms with E-state index in [-0.39, 0.29) is 31.9 Å². The highest BCUT2D eigenvalue weighted by molar-refractivity contribution is 5.93. The zero-order valence-electron chi connectivity index (χ0n) is 18.7. The van der Waals surface area contributed by atoms with Crippen molar-refractivity contribution >= 4 is 18.0 Å². The molecule has 174 valence electrons. The molecule has 0 aromatic heterocycles. The first-order chi connectivity index (χ1) is 15.7. The lowest BCUT2D eigenvalue weighted by atomic mass is 9.96. The number of alkyl carbamates (subject to hydrolysis) is 1. The predicted molar refractivity (Wildman–Crippen MR) is 121 cm³/mol. The van der Waals surface area contributed by atoms with E-state index in [4.69, 9.17) is 4.74 Å². The number of carbonyl (C=O) groups excluding carboxylic acids is 2. The Kier molecular flexibility index (Phi) is 6.12. The summed E-state index contributed by atoms with van der Waals surface area (Å²) >= 11 is 0. The van der Waals surface area contributed by atoms with E-state index in [0.717, 1.165) is 27.2 Å². The largest absolute Gasteiger partial charge is 0.480 e. The summed E-state index contributed by atoms with van der Waals surface area (Å²) in [4.78, 5) is 38.5. The quantitative estimate of drug-likeness (QED) is 0.621. The molecule has 8 heteroatoms. The topological polar surface area (TPSA) is 116 Å². The summed E-state index contributed by atoms with van der Waals surface area (Å²) in [7, 11) is 0. The Hall–Kier alpha value is -3.39. The van der Waals surface area contributed by atoms with E-state index >= 15 is 0 Å². The van der Waals surface area contributed by atoms with Crippen molar-refractivity contribution in [2.24, 2.45) is 0 Å². The molecule has 1 heterocycles. The molecule has 1 saturated heterocycles. The Morgan fingerprint density at radius 2 is 1.67 bits per heavy atom. The molecule has 33 heavy (non-hydrogen) atoms. The molecule has 1 unspecified atom stereocenters. The number of carboxylic acids is 1. The van der Waals surface area contributed by atoms with Crippen LogP contribution in [0.4, 0.5) is 4.79 Å². The normalized spacial score (nSPS) is 21.1. The Balaban J connectivity index is 1.46. The minimum absolute atomic E-state index is 0.0359. The zero-order valence-corrected chi connectivity index (χ0v) is 18.7. The minimum Gasteiger partial charge on any atom is -0.480 e. The van der Waals surface area contributed by atoms with Crippen LogP contribution in [0.5, 0.6) is 0 Å². The first-order valence-corrected chi connectivity index (χ1v) is 11.1. The maximum atomic E-state index is 13.2. The van der Waals surface area contributed by atoms with Crippen molar-refractivity contribution in [2.75, 3.05) is 13.2 Å². The second-order valence-electron chi connectivity index (χ2n) is 8.84. The molecule has 1 fully saturated rings. The second kappa shape index (κ2) is 8.86. The Bertz CT molecular complexity index is 1040. The molecule has 2 aromatic carbocycles. The molecular weight excluding hydrogens is 424 g/mol. The van der Waals surface area contributed by atoms with Crippen molar-refractivity contribution in [3.8, 4) is 11.1 Å². The molecule has 1 aliphatic carbocycles. The minimum atomic E-state index is -1.36. The fourth-order valence-corrected chi connectivity index (χ4v) is 4.74. The second-order valence-corrected chi connectivity index (χ2v) is 8.84. The molecule has 2 amide bonds. The lowest BCUT2D eigenvalue weighted by Gasteiger charge is -2.34. The fraction of sp³-hybridized carbons (Fsp3) is 0.400. The van der Waals surface area contributed by atoms with E-state index in [1.165, 1.54) is 0 Å². The van der Waals surface area contributed by atoms with Crippen molar-refractivity contribution in [3.05, 3.63) is 59.7 Å². The Morgan fingerprint density at radius 3 is 2.21 bits per heavy atom. The lowest BCUT2D eigenvalue weighted by Crippen LogP contribution is -2.59. The molecule has 2 aliphatic rings. The highest BCUT2D eigenvalue weighted by atomic mass is 16.5. The highest BCUT2D eigenvalue weighted by Crippen LogP contribution is 2.44. The number of hydrogen-bond acceptors (Lipinski definition) is 5. The number of aliphatic hydroxyl groups is 1. The van der Waals surface area contributed by atoms with Crippen molar-refractivity contribution in [1.29, 1.82) is 0 Å². The average molecular weight is 453 g/mol. The van der Waals surface area contributed by atoms with Crippen LogP contribution in [0.15, 0.2) is 48.5 Å². The summed E-state index contributed by atoms with van der Waals surface area (Å²) in [6.45, 7) is 3.29. The molecule has 3 atom stereocenters. The number of likely N-dealkylation sites (tertiary alicyclic amines) is 1. The molecule has 3 N–H and O–H groups in total. The van der Waals surface area contributed by atoms with Crippen molar-refractivity contribution in [1.82, 2.24) is 10.2 Å². The number of nitrogens with zero attached hydrogens (tertiary/aromatic N) is 1. The van der Waals surface area contributed by atoms with Crippen LogP contribution in [-0.4, -0.2) is 63.9 Å². The summed E-state index contributed by atoms with van der Waals surface area (Å²) in [6.07, 6.45) is -1.47. The van der Waals surface area contributed by atoms with Crippen LogP contribution in [0.1, 0.15) is 43.7 Å². The van der Waals surface area contributed by atoms with Gasteiger partial charge in [-0.05, 0) is 35.6 Å². The van der Waals surface area contributed by atoms with Gasteiger partial charge in [0.1, 0.15) is 18.2 Å². The standard InChI is InChI=1S/C25H28N2O6/c1-3-25(2,23(31)27-13-15(28)12-21(27)22(29)30)26-24(32)33-14-20-18-10-6-4-8-16(18)17-9-5-7-11-19(17)20/h4-11,15,20-21,28H,3,12-14H2,1-2H3,(H,26,32)(H,29,30)/t15-,21-,25?/m0/s1. The van der Waals surface area contributed by atoms with E-state index in [1.807, 2.05) is 48.5 Å². The van der Waals surface area contributed by atoms with Crippen molar-refractivity contribution < 1.29 is 29.3 Å². The molecule has 0 radical (unpaired) electrons. The fourth-order valence-electron chi connectivity index (χ4n) is 4.74. The van der Waals surface area contributed by atoms with Gasteiger partial charge < -0.3 is 25.2 Å². The smallest absolute Gasteiger partial charge is 0.408 e. The van der Waals surface area contributed by atoms with Gasteiger partial charge in [0, 0.05) is 18.9 Å². The van der Waals surface area contributed by atoms with Gasteiger partial charge in [-0.15, -0.1) is 0 Å². The molecule has 2 aromatic rings. The molecule has 0 saturated carbocycles. The molecule has 1 aliphatic heterocycles. The van der Waals surface area contributed by atoms with Gasteiger partial charge in [-0.3, -0.25) is 4.79 Å². The van der Waals surface area contributed by atoms with E-state index in [1.54, 1.807) is 13.8 Å². The van der Waals surface area contributed by atoms with E-state index < -0.39 is 35.7 Å². The van der Waals surface area contributed by atoms with Gasteiger partial charge >= 0.3 is 12.1 Å². The number of nitrogens with one attached hydrogen (secondary N) is 1. The summed E-state index contributed by atoms with van der Waals surface area (Å²) in [6, 6.07) is 14.9. The van der Waals surface area contributed by atoms with Crippen LogP contribution in [0, 0.1) is 0 Å². The monoisotopic (exact) mass is 452 g/mol. The number of aliphatic hydroxyl groups excluding tert-OH is 1. The maximum Gasteiger partial charge on any atom is 0.408 e. The molecular formula is C25H28N2O6. The maximum absolute atomic E-state index is 13.2. The van der Waals surface area contributed by atoms with Gasteiger partial charge in [0.05, 0.1) is 6.10 Å². The molecule has 0 spiro atoms. The van der Waals surface area contributed by atoms with Crippen LogP contribution in [0.25, 0.3) is 11.1 Å². The number of aliphatic carboxylic acids is 1. The van der Waals surface area contributed by atoms with Crippen LogP contribution >= 0.6 is 0 Å². The van der Waals surface area contributed by atoms with Crippen LogP contribution in [0.3, 0.4) is 0 Å². The third kappa shape index (κ3) is 4.18. The lowest BCUT2D eigenvalue weighted by molar-refractivity contribution is -0.150. The van der Waals surface area contributed by atoms with Gasteiger partial charge in [0.15, 0.2) is 0 Å². The number of carbonyl (C=O) groups is 3. The molecule has 4 rings (SSSR count). The number of ether oxygens (including phenoxy) is 1. The summed E-state index contributed by atoms with van der Waals surface area (Å²) < 4.78 is 5.56. The van der Waals surface area contributed by atoms with E-state index in [2.05, 4.69) is 5.32 Å². The molecule has 0 bridgehead atoms. The van der Waals surface area contributed by atoms with Gasteiger partial charge in [-0.2, -0.15) is 0 Å². The van der Waals surface area contributed by atoms with Crippen molar-refractivity contribution in [2.45, 2.75) is 50.3 Å². The van der Waals surface area contributed by atoms with Crippen LogP contribution in [0.2, 0.25) is 0 Å². The zero-order chi connectivity index (χ0) is 23.8. The highest BCUT2D eigenvalue weighted by Gasteiger charge is 2.46. The van der Waals surface area contributed by atoms with Gasteiger partial charge in [0.2, 0.25) is 5.91 Å². The third-order valence-corrected chi connectivity index (χ3v) is 6.73. The number of rotatable bonds is 6. The number of amides is 2. The summed E-state index contributed by atoms with van der Waals surface area (Å²) in [5.41, 5.74) is 3.03. The van der Waals surface area contributed by atoms with Crippen LogP contribution < -0.4 is 5.32 Å². The number of carboxylic acid groups (broad SMARTS) is 1. The average Bonchev–Trinajstić information content (AvgIpc) is 3.35. The predicted octanol–water partition coefficient (Wildman–Crippen LogP) is 2.74. The number of benzene rings is 2. The van der Waals surface area contributed by atoms with Crippen molar-refractivity contribution in [3.63, 3.8) is 0 Å². The summed E-state index contributed by atoms with van der Waals surface area (Å²) in [5.74, 6) is -1.85. The Morgan fingerprint density at radius 1 is 1.09 bits per heavy atom. The van der Waals surface area contributed by atoms with E-state index in [0.29, 0.717) is 0 Å². The van der Waals surface area contributed by atoms with Gasteiger partial charge in [-0.25, -0.2) is 9.59 Å². The summed E-state index contributed by atoms with van der Waals surface area (Å²) in [5, 5.41) is 21.9. The number of fused-ring (bicyclic) bond motifs is 3. The number of β-amino-alcohol motifs (C(OH)–C–C–N with tert-alkyl or cyclic N) is 1.